The number of rotatable bonds is 3. The Bertz CT molecular complexity index is 502. The van der Waals surface area contributed by atoms with Crippen LogP contribution >= 0.6 is 0 Å². The van der Waals surface area contributed by atoms with Crippen LogP contribution in [0.25, 0.3) is 0 Å². The van der Waals surface area contributed by atoms with E-state index in [-0.39, 0.29) is 11.9 Å². The number of likely N-dealkylation sites (N-methyl/N-ethyl adjacent to an activating group) is 1. The van der Waals surface area contributed by atoms with E-state index in [1.807, 2.05) is 7.05 Å². The quantitative estimate of drug-likeness (QED) is 0.508. The van der Waals surface area contributed by atoms with E-state index in [4.69, 9.17) is 14.6 Å². The Kier molecular flexibility index (Phi) is 4.57. The van der Waals surface area contributed by atoms with Gasteiger partial charge in [0.2, 0.25) is 0 Å². The van der Waals surface area contributed by atoms with Crippen LogP contribution in [0.3, 0.4) is 0 Å². The first-order valence-corrected chi connectivity index (χ1v) is 6.45. The maximum absolute atomic E-state index is 11.0. The van der Waals surface area contributed by atoms with E-state index < -0.39 is 11.9 Å². The molecule has 0 saturated carbocycles. The van der Waals surface area contributed by atoms with E-state index in [9.17, 15) is 9.59 Å². The van der Waals surface area contributed by atoms with Gasteiger partial charge in [-0.1, -0.05) is 6.07 Å². The molecule has 0 bridgehead atoms. The minimum atomic E-state index is -1.62. The molecule has 1 aromatic rings. The minimum Gasteiger partial charge on any atom is -0.489 e. The molecule has 0 aliphatic carbocycles. The first kappa shape index (κ1) is 14.3. The molecule has 6 nitrogen and oxygen atoms in total. The van der Waals surface area contributed by atoms with Crippen LogP contribution in [0.5, 0.6) is 11.5 Å². The monoisotopic (exact) mass is 279 g/mol. The second-order valence-corrected chi connectivity index (χ2v) is 4.81. The average Bonchev–Trinajstić information content (AvgIpc) is 2.39. The molecule has 0 radical (unpaired) electrons. The lowest BCUT2D eigenvalue weighted by Crippen LogP contribution is -2.38. The first-order chi connectivity index (χ1) is 9.54. The van der Waals surface area contributed by atoms with Crippen molar-refractivity contribution in [2.45, 2.75) is 18.9 Å². The SMILES string of the molecule is CN1CCCC(Oc2cccc(OC(=O)C(=O)O)c2)C1. The average molecular weight is 279 g/mol. The highest BCUT2D eigenvalue weighted by molar-refractivity contribution is 6.29. The van der Waals surface area contributed by atoms with Crippen LogP contribution in [-0.2, 0) is 9.59 Å². The zero-order valence-corrected chi connectivity index (χ0v) is 11.2. The molecule has 1 unspecified atom stereocenters. The molecule has 1 saturated heterocycles. The molecule has 1 atom stereocenters. The van der Waals surface area contributed by atoms with Gasteiger partial charge >= 0.3 is 11.9 Å². The molecule has 108 valence electrons. The highest BCUT2D eigenvalue weighted by Gasteiger charge is 2.19. The van der Waals surface area contributed by atoms with E-state index in [1.165, 1.54) is 12.1 Å². The van der Waals surface area contributed by atoms with Crippen molar-refractivity contribution in [1.29, 1.82) is 0 Å². The fourth-order valence-corrected chi connectivity index (χ4v) is 2.17. The summed E-state index contributed by atoms with van der Waals surface area (Å²) >= 11 is 0. The lowest BCUT2D eigenvalue weighted by molar-refractivity contribution is -0.158. The Balaban J connectivity index is 1.98. The number of hydrogen-bond acceptors (Lipinski definition) is 5. The summed E-state index contributed by atoms with van der Waals surface area (Å²) in [5.74, 6) is -2.19. The largest absolute Gasteiger partial charge is 0.489 e. The molecule has 0 spiro atoms. The summed E-state index contributed by atoms with van der Waals surface area (Å²) < 4.78 is 10.5. The zero-order chi connectivity index (χ0) is 14.5. The number of nitrogens with zero attached hydrogens (tertiary/aromatic N) is 1. The van der Waals surface area contributed by atoms with Crippen LogP contribution in [-0.4, -0.2) is 48.2 Å². The van der Waals surface area contributed by atoms with Crippen molar-refractivity contribution in [2.75, 3.05) is 20.1 Å². The number of carbonyl (C=O) groups is 2. The maximum atomic E-state index is 11.0. The lowest BCUT2D eigenvalue weighted by Gasteiger charge is -2.30. The van der Waals surface area contributed by atoms with E-state index in [2.05, 4.69) is 4.90 Å². The Morgan fingerprint density at radius 2 is 2.10 bits per heavy atom. The number of carbonyl (C=O) groups excluding carboxylic acids is 1. The Morgan fingerprint density at radius 3 is 2.80 bits per heavy atom. The van der Waals surface area contributed by atoms with Crippen LogP contribution in [0.2, 0.25) is 0 Å². The number of piperidine rings is 1. The van der Waals surface area contributed by atoms with Gasteiger partial charge in [-0.05, 0) is 38.6 Å². The van der Waals surface area contributed by atoms with E-state index in [1.54, 1.807) is 12.1 Å². The van der Waals surface area contributed by atoms with E-state index in [0.29, 0.717) is 5.75 Å². The molecule has 1 N–H and O–H groups in total. The van der Waals surface area contributed by atoms with Crippen LogP contribution in [0.1, 0.15) is 12.8 Å². The van der Waals surface area contributed by atoms with Gasteiger partial charge in [0.15, 0.2) is 0 Å². The highest BCUT2D eigenvalue weighted by atomic mass is 16.6. The molecule has 1 aliphatic rings. The van der Waals surface area contributed by atoms with Gasteiger partial charge in [0.1, 0.15) is 17.6 Å². The Morgan fingerprint density at radius 1 is 1.35 bits per heavy atom. The molecule has 20 heavy (non-hydrogen) atoms. The van der Waals surface area contributed by atoms with E-state index in [0.717, 1.165) is 25.9 Å². The number of carboxylic acid groups (broad SMARTS) is 1. The maximum Gasteiger partial charge on any atom is 0.422 e. The van der Waals surface area contributed by atoms with Crippen molar-refractivity contribution in [2.24, 2.45) is 0 Å². The van der Waals surface area contributed by atoms with Crippen LogP contribution in [0, 0.1) is 0 Å². The number of esters is 1. The number of hydrogen-bond donors (Lipinski definition) is 1. The summed E-state index contributed by atoms with van der Waals surface area (Å²) in [5.41, 5.74) is 0. The van der Waals surface area contributed by atoms with Gasteiger partial charge in [-0.2, -0.15) is 0 Å². The van der Waals surface area contributed by atoms with Crippen molar-refractivity contribution in [3.63, 3.8) is 0 Å². The number of ether oxygens (including phenoxy) is 2. The van der Waals surface area contributed by atoms with Gasteiger partial charge in [0, 0.05) is 12.6 Å². The number of likely N-dealkylation sites (tertiary alicyclic amines) is 1. The first-order valence-electron chi connectivity index (χ1n) is 6.45. The highest BCUT2D eigenvalue weighted by Crippen LogP contribution is 2.23. The third kappa shape index (κ3) is 3.96. The predicted octanol–water partition coefficient (Wildman–Crippen LogP) is 1.15. The predicted molar refractivity (Wildman–Crippen MR) is 70.9 cm³/mol. The molecule has 0 aromatic heterocycles. The second kappa shape index (κ2) is 6.38. The van der Waals surface area contributed by atoms with Crippen molar-refractivity contribution in [1.82, 2.24) is 4.90 Å². The van der Waals surface area contributed by atoms with Gasteiger partial charge in [-0.25, -0.2) is 9.59 Å². The van der Waals surface area contributed by atoms with Gasteiger partial charge < -0.3 is 19.5 Å². The zero-order valence-electron chi connectivity index (χ0n) is 11.2. The topological polar surface area (TPSA) is 76.1 Å². The summed E-state index contributed by atoms with van der Waals surface area (Å²) in [6.07, 6.45) is 2.15. The summed E-state index contributed by atoms with van der Waals surface area (Å²) in [6, 6.07) is 6.45. The number of carboxylic acids is 1. The standard InChI is InChI=1S/C14H17NO5/c1-15-7-3-6-12(9-15)19-10-4-2-5-11(8-10)20-14(18)13(16)17/h2,4-5,8,12H,3,6-7,9H2,1H3,(H,16,17). The van der Waals surface area contributed by atoms with Gasteiger partial charge in [0.25, 0.3) is 0 Å². The summed E-state index contributed by atoms with van der Waals surface area (Å²) in [7, 11) is 2.04. The van der Waals surface area contributed by atoms with Crippen LogP contribution in [0.4, 0.5) is 0 Å². The van der Waals surface area contributed by atoms with Gasteiger partial charge in [0.05, 0.1) is 0 Å². The fraction of sp³-hybridized carbons (Fsp3) is 0.429. The van der Waals surface area contributed by atoms with E-state index >= 15 is 0 Å². The smallest absolute Gasteiger partial charge is 0.422 e. The third-order valence-electron chi connectivity index (χ3n) is 3.07. The Hall–Kier alpha value is -2.08. The third-order valence-corrected chi connectivity index (χ3v) is 3.07. The Labute approximate surface area is 116 Å². The summed E-state index contributed by atoms with van der Waals surface area (Å²) in [6.45, 7) is 1.91. The van der Waals surface area contributed by atoms with Gasteiger partial charge in [-0.3, -0.25) is 0 Å². The van der Waals surface area contributed by atoms with Gasteiger partial charge in [-0.15, -0.1) is 0 Å². The number of aliphatic carboxylic acids is 1. The molecular weight excluding hydrogens is 262 g/mol. The molecule has 1 aromatic carbocycles. The normalized spacial score (nSPS) is 19.4. The lowest BCUT2D eigenvalue weighted by atomic mass is 10.1. The van der Waals surface area contributed by atoms with Crippen molar-refractivity contribution >= 4 is 11.9 Å². The fourth-order valence-electron chi connectivity index (χ4n) is 2.17. The molecule has 6 heteroatoms. The van der Waals surface area contributed by atoms with Crippen LogP contribution < -0.4 is 9.47 Å². The number of benzene rings is 1. The minimum absolute atomic E-state index is 0.0965. The molecule has 1 aliphatic heterocycles. The molecule has 2 rings (SSSR count). The second-order valence-electron chi connectivity index (χ2n) is 4.81. The van der Waals surface area contributed by atoms with Crippen LogP contribution in [0.15, 0.2) is 24.3 Å². The van der Waals surface area contributed by atoms with Crippen molar-refractivity contribution in [3.8, 4) is 11.5 Å². The molecular formula is C14H17NO5. The molecule has 1 heterocycles. The molecule has 1 fully saturated rings. The van der Waals surface area contributed by atoms with Crippen molar-refractivity contribution < 1.29 is 24.2 Å². The summed E-state index contributed by atoms with van der Waals surface area (Å²) in [5, 5.41) is 8.49. The van der Waals surface area contributed by atoms with Crippen molar-refractivity contribution in [3.05, 3.63) is 24.3 Å². The molecule has 0 amide bonds. The summed E-state index contributed by atoms with van der Waals surface area (Å²) in [4.78, 5) is 23.6.